The van der Waals surface area contributed by atoms with E-state index in [4.69, 9.17) is 15.7 Å². The number of nitrogens with zero attached hydrogens (tertiary/aromatic N) is 1. The molecular weight excluding hydrogens is 291 g/mol. The number of hydrogen-bond donors (Lipinski definition) is 1. The molecule has 0 heterocycles. The summed E-state index contributed by atoms with van der Waals surface area (Å²) < 4.78 is 31.2. The van der Waals surface area contributed by atoms with Gasteiger partial charge in [-0.25, -0.2) is 4.39 Å². The second-order valence-corrected chi connectivity index (χ2v) is 5.73. The van der Waals surface area contributed by atoms with Crippen molar-refractivity contribution in [2.24, 2.45) is 0 Å². The molecule has 4 nitrogen and oxygen atoms in total. The highest BCUT2D eigenvalue weighted by atomic mass is 32.2. The fourth-order valence-corrected chi connectivity index (χ4v) is 3.05. The number of nitriles is 1. The van der Waals surface area contributed by atoms with Gasteiger partial charge in [0.2, 0.25) is 0 Å². The zero-order valence-corrected chi connectivity index (χ0v) is 12.1. The summed E-state index contributed by atoms with van der Waals surface area (Å²) >= 11 is 0. The van der Waals surface area contributed by atoms with E-state index in [0.29, 0.717) is 21.9 Å². The standard InChI is InChI=1S/C15H13FN2O2S/c1-20-12-3-5-14(18)15(7-12)21(19)9-11-6-10(8-17)2-4-13(11)16/h2-7H,9,18H2,1H3. The highest BCUT2D eigenvalue weighted by Crippen LogP contribution is 2.25. The smallest absolute Gasteiger partial charge is 0.127 e. The molecule has 6 heteroatoms. The number of anilines is 1. The average molecular weight is 304 g/mol. The van der Waals surface area contributed by atoms with Crippen LogP contribution in [0.2, 0.25) is 0 Å². The van der Waals surface area contributed by atoms with E-state index in [9.17, 15) is 8.60 Å². The lowest BCUT2D eigenvalue weighted by molar-refractivity contribution is 0.413. The van der Waals surface area contributed by atoms with E-state index in [1.54, 1.807) is 18.2 Å². The average Bonchev–Trinajstić information content (AvgIpc) is 2.49. The summed E-state index contributed by atoms with van der Waals surface area (Å²) in [4.78, 5) is 0.385. The molecular formula is C15H13FN2O2S. The van der Waals surface area contributed by atoms with Gasteiger partial charge in [0, 0.05) is 11.3 Å². The molecule has 0 aliphatic carbocycles. The van der Waals surface area contributed by atoms with Gasteiger partial charge in [0.05, 0.1) is 40.2 Å². The van der Waals surface area contributed by atoms with Crippen molar-refractivity contribution in [1.29, 1.82) is 5.26 Å². The van der Waals surface area contributed by atoms with Crippen LogP contribution in [0.4, 0.5) is 10.1 Å². The van der Waals surface area contributed by atoms with E-state index in [0.717, 1.165) is 0 Å². The number of benzene rings is 2. The van der Waals surface area contributed by atoms with Crippen LogP contribution in [-0.2, 0) is 16.6 Å². The fraction of sp³-hybridized carbons (Fsp3) is 0.133. The van der Waals surface area contributed by atoms with Crippen molar-refractivity contribution in [3.05, 3.63) is 53.3 Å². The Morgan fingerprint density at radius 1 is 1.33 bits per heavy atom. The van der Waals surface area contributed by atoms with Crippen LogP contribution in [0.15, 0.2) is 41.3 Å². The van der Waals surface area contributed by atoms with Gasteiger partial charge in [0.1, 0.15) is 11.6 Å². The minimum absolute atomic E-state index is 0.0568. The Kier molecular flexibility index (Phi) is 4.55. The highest BCUT2D eigenvalue weighted by molar-refractivity contribution is 7.84. The predicted molar refractivity (Wildman–Crippen MR) is 78.6 cm³/mol. The normalized spacial score (nSPS) is 11.7. The van der Waals surface area contributed by atoms with Crippen molar-refractivity contribution in [3.63, 3.8) is 0 Å². The maximum atomic E-state index is 13.7. The SMILES string of the molecule is COc1ccc(N)c(S(=O)Cc2cc(C#N)ccc2F)c1. The van der Waals surface area contributed by atoms with E-state index in [-0.39, 0.29) is 11.3 Å². The maximum absolute atomic E-state index is 13.7. The van der Waals surface area contributed by atoms with E-state index >= 15 is 0 Å². The minimum Gasteiger partial charge on any atom is -0.497 e. The zero-order chi connectivity index (χ0) is 15.4. The maximum Gasteiger partial charge on any atom is 0.127 e. The molecule has 2 aromatic rings. The molecule has 2 rings (SSSR count). The second-order valence-electron chi connectivity index (χ2n) is 4.31. The summed E-state index contributed by atoms with van der Waals surface area (Å²) in [6, 6.07) is 10.7. The van der Waals surface area contributed by atoms with Crippen molar-refractivity contribution >= 4 is 16.5 Å². The third-order valence-electron chi connectivity index (χ3n) is 2.93. The van der Waals surface area contributed by atoms with Gasteiger partial charge in [0.25, 0.3) is 0 Å². The topological polar surface area (TPSA) is 76.1 Å². The van der Waals surface area contributed by atoms with Crippen molar-refractivity contribution in [2.45, 2.75) is 10.6 Å². The number of ether oxygens (including phenoxy) is 1. The van der Waals surface area contributed by atoms with Crippen molar-refractivity contribution in [1.82, 2.24) is 0 Å². The molecule has 0 spiro atoms. The van der Waals surface area contributed by atoms with Gasteiger partial charge in [-0.15, -0.1) is 0 Å². The van der Waals surface area contributed by atoms with Crippen molar-refractivity contribution < 1.29 is 13.3 Å². The zero-order valence-electron chi connectivity index (χ0n) is 11.3. The molecule has 0 radical (unpaired) electrons. The van der Waals surface area contributed by atoms with Gasteiger partial charge < -0.3 is 10.5 Å². The first-order valence-corrected chi connectivity index (χ1v) is 7.37. The van der Waals surface area contributed by atoms with Crippen LogP contribution in [0, 0.1) is 17.1 Å². The fourth-order valence-electron chi connectivity index (χ4n) is 1.81. The van der Waals surface area contributed by atoms with Gasteiger partial charge in [0.15, 0.2) is 0 Å². The molecule has 1 unspecified atom stereocenters. The van der Waals surface area contributed by atoms with Crippen LogP contribution in [0.1, 0.15) is 11.1 Å². The van der Waals surface area contributed by atoms with Crippen LogP contribution in [0.5, 0.6) is 5.75 Å². The molecule has 1 atom stereocenters. The molecule has 2 N–H and O–H groups in total. The van der Waals surface area contributed by atoms with Gasteiger partial charge in [-0.3, -0.25) is 4.21 Å². The molecule has 2 aromatic carbocycles. The molecule has 0 aliphatic heterocycles. The molecule has 0 bridgehead atoms. The second kappa shape index (κ2) is 6.37. The van der Waals surface area contributed by atoms with Crippen molar-refractivity contribution in [3.8, 4) is 11.8 Å². The van der Waals surface area contributed by atoms with E-state index in [1.165, 1.54) is 25.3 Å². The van der Waals surface area contributed by atoms with Gasteiger partial charge in [-0.05, 0) is 36.4 Å². The predicted octanol–water partition coefficient (Wildman–Crippen LogP) is 2.60. The number of hydrogen-bond acceptors (Lipinski definition) is 4. The number of methoxy groups -OCH3 is 1. The highest BCUT2D eigenvalue weighted by Gasteiger charge is 2.13. The Bertz CT molecular complexity index is 741. The molecule has 0 aliphatic rings. The Balaban J connectivity index is 2.32. The summed E-state index contributed by atoms with van der Waals surface area (Å²) in [6.45, 7) is 0. The molecule has 108 valence electrons. The quantitative estimate of drug-likeness (QED) is 0.881. The molecule has 21 heavy (non-hydrogen) atoms. The summed E-state index contributed by atoms with van der Waals surface area (Å²) in [7, 11) is -0.0385. The third-order valence-corrected chi connectivity index (χ3v) is 4.34. The van der Waals surface area contributed by atoms with E-state index in [2.05, 4.69) is 0 Å². The molecule has 0 fully saturated rings. The largest absolute Gasteiger partial charge is 0.497 e. The minimum atomic E-state index is -1.53. The number of nitrogen functional groups attached to an aromatic ring is 1. The number of rotatable bonds is 4. The molecule has 0 saturated heterocycles. The summed E-state index contributed by atoms with van der Waals surface area (Å²) in [5, 5.41) is 8.83. The first kappa shape index (κ1) is 15.0. The third kappa shape index (κ3) is 3.38. The summed E-state index contributed by atoms with van der Waals surface area (Å²) in [6.07, 6.45) is 0. The Morgan fingerprint density at radius 2 is 2.10 bits per heavy atom. The summed E-state index contributed by atoms with van der Waals surface area (Å²) in [5.41, 5.74) is 6.69. The van der Waals surface area contributed by atoms with Crippen LogP contribution < -0.4 is 10.5 Å². The Morgan fingerprint density at radius 3 is 2.76 bits per heavy atom. The van der Waals surface area contributed by atoms with Crippen LogP contribution >= 0.6 is 0 Å². The van der Waals surface area contributed by atoms with Gasteiger partial charge in [-0.1, -0.05) is 0 Å². The van der Waals surface area contributed by atoms with E-state index in [1.807, 2.05) is 6.07 Å². The summed E-state index contributed by atoms with van der Waals surface area (Å²) in [5.74, 6) is -0.0266. The van der Waals surface area contributed by atoms with Crippen LogP contribution in [-0.4, -0.2) is 11.3 Å². The molecule has 0 amide bonds. The van der Waals surface area contributed by atoms with Gasteiger partial charge >= 0.3 is 0 Å². The lowest BCUT2D eigenvalue weighted by atomic mass is 10.1. The first-order valence-electron chi connectivity index (χ1n) is 6.05. The van der Waals surface area contributed by atoms with Crippen LogP contribution in [0.3, 0.4) is 0 Å². The Labute approximate surface area is 124 Å². The van der Waals surface area contributed by atoms with Gasteiger partial charge in [-0.2, -0.15) is 5.26 Å². The molecule has 0 aromatic heterocycles. The van der Waals surface area contributed by atoms with Crippen molar-refractivity contribution in [2.75, 3.05) is 12.8 Å². The lowest BCUT2D eigenvalue weighted by Gasteiger charge is -2.09. The molecule has 0 saturated carbocycles. The number of halogens is 1. The lowest BCUT2D eigenvalue weighted by Crippen LogP contribution is -2.03. The first-order chi connectivity index (χ1) is 10.0. The van der Waals surface area contributed by atoms with Crippen LogP contribution in [0.25, 0.3) is 0 Å². The monoisotopic (exact) mass is 304 g/mol. The van der Waals surface area contributed by atoms with E-state index < -0.39 is 16.6 Å². The number of nitrogens with two attached hydrogens (primary N) is 1. The Hall–Kier alpha value is -2.39.